The van der Waals surface area contributed by atoms with Crippen LogP contribution in [0.3, 0.4) is 0 Å². The topological polar surface area (TPSA) is 0 Å². The Kier molecular flexibility index (Phi) is 3.66. The van der Waals surface area contributed by atoms with Crippen LogP contribution in [0, 0.1) is 10.8 Å². The molecule has 0 aromatic rings. The standard InChI is InChI=1S/C8H14.C7H12.CH4/c1-2-5-8(4-1)6-3-7-8;1-3-7(4-1)5-2-6-7;/h1-7H2;1-6H2;1H4. The highest BCUT2D eigenvalue weighted by atomic mass is 14.5. The molecular formula is C16H30. The van der Waals surface area contributed by atoms with Crippen molar-refractivity contribution in [1.82, 2.24) is 0 Å². The van der Waals surface area contributed by atoms with Crippen molar-refractivity contribution in [3.8, 4) is 0 Å². The normalized spacial score (nSPS) is 31.5. The van der Waals surface area contributed by atoms with E-state index < -0.39 is 0 Å². The van der Waals surface area contributed by atoms with Crippen molar-refractivity contribution < 1.29 is 0 Å². The van der Waals surface area contributed by atoms with E-state index in [1.807, 2.05) is 0 Å². The van der Waals surface area contributed by atoms with E-state index in [-0.39, 0.29) is 7.43 Å². The molecule has 0 saturated heterocycles. The predicted molar refractivity (Wildman–Crippen MR) is 71.6 cm³/mol. The molecule has 0 atom stereocenters. The van der Waals surface area contributed by atoms with E-state index in [2.05, 4.69) is 0 Å². The lowest BCUT2D eigenvalue weighted by Gasteiger charge is -2.49. The van der Waals surface area contributed by atoms with E-state index >= 15 is 0 Å². The van der Waals surface area contributed by atoms with Crippen LogP contribution >= 0.6 is 0 Å². The monoisotopic (exact) mass is 222 g/mol. The molecule has 0 aromatic carbocycles. The Morgan fingerprint density at radius 2 is 0.625 bits per heavy atom. The summed E-state index contributed by atoms with van der Waals surface area (Å²) in [6.07, 6.45) is 20.1. The van der Waals surface area contributed by atoms with Gasteiger partial charge in [-0.2, -0.15) is 0 Å². The van der Waals surface area contributed by atoms with Crippen LogP contribution in [0.25, 0.3) is 0 Å². The van der Waals surface area contributed by atoms with E-state index in [1.54, 1.807) is 51.4 Å². The van der Waals surface area contributed by atoms with Crippen molar-refractivity contribution in [1.29, 1.82) is 0 Å². The van der Waals surface area contributed by atoms with Gasteiger partial charge >= 0.3 is 0 Å². The van der Waals surface area contributed by atoms with Gasteiger partial charge in [0.05, 0.1) is 0 Å². The molecule has 4 fully saturated rings. The molecule has 0 N–H and O–H groups in total. The number of hydrogen-bond donors (Lipinski definition) is 0. The first-order chi connectivity index (χ1) is 7.33. The second-order valence-corrected chi connectivity index (χ2v) is 6.77. The van der Waals surface area contributed by atoms with Crippen LogP contribution in [0.15, 0.2) is 0 Å². The third kappa shape index (κ3) is 2.17. The Balaban J connectivity index is 0.000000114. The summed E-state index contributed by atoms with van der Waals surface area (Å²) < 4.78 is 0. The van der Waals surface area contributed by atoms with Gasteiger partial charge in [0.2, 0.25) is 0 Å². The Labute approximate surface area is 102 Å². The summed E-state index contributed by atoms with van der Waals surface area (Å²) in [6, 6.07) is 0. The van der Waals surface area contributed by atoms with Gasteiger partial charge in [0.1, 0.15) is 0 Å². The maximum absolute atomic E-state index is 1.56. The van der Waals surface area contributed by atoms with Gasteiger partial charge < -0.3 is 0 Å². The zero-order chi connectivity index (χ0) is 10.2. The van der Waals surface area contributed by atoms with Crippen LogP contribution in [0.5, 0.6) is 0 Å². The van der Waals surface area contributed by atoms with Gasteiger partial charge in [-0.25, -0.2) is 0 Å². The van der Waals surface area contributed by atoms with E-state index in [1.165, 1.54) is 32.1 Å². The smallest absolute Gasteiger partial charge is 0.0297 e. The van der Waals surface area contributed by atoms with E-state index in [9.17, 15) is 0 Å². The zero-order valence-corrected chi connectivity index (χ0v) is 10.2. The largest absolute Gasteiger partial charge is 0.0776 e. The van der Waals surface area contributed by atoms with Crippen LogP contribution in [-0.4, -0.2) is 0 Å². The molecule has 2 spiro atoms. The first-order valence-corrected chi connectivity index (χ1v) is 7.33. The lowest BCUT2D eigenvalue weighted by molar-refractivity contribution is 0.0314. The summed E-state index contributed by atoms with van der Waals surface area (Å²) in [5, 5.41) is 0. The molecule has 0 unspecified atom stereocenters. The van der Waals surface area contributed by atoms with Gasteiger partial charge in [-0.1, -0.05) is 39.5 Å². The number of hydrogen-bond acceptors (Lipinski definition) is 0. The summed E-state index contributed by atoms with van der Waals surface area (Å²) in [4.78, 5) is 0. The Morgan fingerprint density at radius 3 is 0.750 bits per heavy atom. The molecule has 4 aliphatic carbocycles. The van der Waals surface area contributed by atoms with Crippen molar-refractivity contribution in [3.05, 3.63) is 0 Å². The maximum Gasteiger partial charge on any atom is -0.0297 e. The number of rotatable bonds is 0. The summed E-state index contributed by atoms with van der Waals surface area (Å²) in [6.45, 7) is 0. The highest BCUT2D eigenvalue weighted by molar-refractivity contribution is 4.93. The first kappa shape index (κ1) is 12.5. The van der Waals surface area contributed by atoms with Gasteiger partial charge in [0, 0.05) is 0 Å². The summed E-state index contributed by atoms with van der Waals surface area (Å²) in [5.74, 6) is 0. The van der Waals surface area contributed by atoms with E-state index in [0.717, 1.165) is 10.8 Å². The molecular weight excluding hydrogens is 192 g/mol. The lowest BCUT2D eigenvalue weighted by atomic mass is 9.56. The van der Waals surface area contributed by atoms with Crippen LogP contribution in [0.2, 0.25) is 0 Å². The molecule has 4 aliphatic rings. The van der Waals surface area contributed by atoms with Crippen molar-refractivity contribution >= 4 is 0 Å². The molecule has 0 bridgehead atoms. The molecule has 0 heteroatoms. The Bertz CT molecular complexity index is 193. The quantitative estimate of drug-likeness (QED) is 0.492. The van der Waals surface area contributed by atoms with Crippen LogP contribution < -0.4 is 0 Å². The molecule has 0 nitrogen and oxygen atoms in total. The van der Waals surface area contributed by atoms with Crippen LogP contribution in [-0.2, 0) is 0 Å². The zero-order valence-electron chi connectivity index (χ0n) is 10.2. The maximum atomic E-state index is 1.56. The van der Waals surface area contributed by atoms with Crippen molar-refractivity contribution in [2.24, 2.45) is 10.8 Å². The predicted octanol–water partition coefficient (Wildman–Crippen LogP) is 5.71. The van der Waals surface area contributed by atoms with E-state index in [4.69, 9.17) is 0 Å². The summed E-state index contributed by atoms with van der Waals surface area (Å²) in [7, 11) is 0. The van der Waals surface area contributed by atoms with E-state index in [0.29, 0.717) is 0 Å². The van der Waals surface area contributed by atoms with Gasteiger partial charge in [0.15, 0.2) is 0 Å². The van der Waals surface area contributed by atoms with Gasteiger partial charge in [-0.05, 0) is 62.2 Å². The average molecular weight is 222 g/mol. The molecule has 16 heavy (non-hydrogen) atoms. The van der Waals surface area contributed by atoms with Crippen LogP contribution in [0.4, 0.5) is 0 Å². The minimum atomic E-state index is 0. The lowest BCUT2D eigenvalue weighted by Crippen LogP contribution is -2.35. The molecule has 4 rings (SSSR count). The fraction of sp³-hybridized carbons (Fsp3) is 1.00. The fourth-order valence-electron chi connectivity index (χ4n) is 4.16. The minimum absolute atomic E-state index is 0. The second-order valence-electron chi connectivity index (χ2n) is 6.77. The molecule has 94 valence electrons. The Hall–Kier alpha value is 0. The van der Waals surface area contributed by atoms with Gasteiger partial charge in [-0.3, -0.25) is 0 Å². The molecule has 0 aliphatic heterocycles. The minimum Gasteiger partial charge on any atom is -0.0776 e. The fourth-order valence-corrected chi connectivity index (χ4v) is 4.16. The molecule has 4 saturated carbocycles. The second kappa shape index (κ2) is 4.70. The molecule has 0 radical (unpaired) electrons. The third-order valence-electron chi connectivity index (χ3n) is 5.91. The molecule has 0 heterocycles. The average Bonchev–Trinajstić information content (AvgIpc) is 2.45. The van der Waals surface area contributed by atoms with Crippen molar-refractivity contribution in [2.75, 3.05) is 0 Å². The first-order valence-electron chi connectivity index (χ1n) is 7.33. The molecule has 0 amide bonds. The van der Waals surface area contributed by atoms with Gasteiger partial charge in [-0.15, -0.1) is 0 Å². The highest BCUT2D eigenvalue weighted by Crippen LogP contribution is 2.55. The van der Waals surface area contributed by atoms with Crippen molar-refractivity contribution in [2.45, 2.75) is 90.9 Å². The molecule has 0 aromatic heterocycles. The van der Waals surface area contributed by atoms with Crippen LogP contribution in [0.1, 0.15) is 90.9 Å². The third-order valence-corrected chi connectivity index (χ3v) is 5.91. The highest BCUT2D eigenvalue weighted by Gasteiger charge is 2.41. The van der Waals surface area contributed by atoms with Crippen molar-refractivity contribution in [3.63, 3.8) is 0 Å². The van der Waals surface area contributed by atoms with Gasteiger partial charge in [0.25, 0.3) is 0 Å². The SMILES string of the molecule is C.C1CC2(C1)CCC2.C1CCC2(C1)CCC2. The summed E-state index contributed by atoms with van der Waals surface area (Å²) in [5.41, 5.74) is 1.86. The Morgan fingerprint density at radius 1 is 0.375 bits per heavy atom. The summed E-state index contributed by atoms with van der Waals surface area (Å²) >= 11 is 0.